The van der Waals surface area contributed by atoms with Crippen molar-refractivity contribution in [2.24, 2.45) is 7.05 Å². The van der Waals surface area contributed by atoms with E-state index in [-0.39, 0.29) is 29.7 Å². The number of nitrogens with zero attached hydrogens (tertiary/aromatic N) is 2. The molecule has 7 heteroatoms. The summed E-state index contributed by atoms with van der Waals surface area (Å²) in [4.78, 5) is 25.5. The predicted octanol–water partition coefficient (Wildman–Crippen LogP) is 2.97. The monoisotopic (exact) mass is 383 g/mol. The number of hydrogen-bond acceptors (Lipinski definition) is 4. The third kappa shape index (κ3) is 3.35. The SMILES string of the molecule is Cn1nc(CC(=O)NC2CCSc3c(F)cccc32)c2ccccc2c1=O. The molecule has 0 saturated heterocycles. The molecule has 0 saturated carbocycles. The van der Waals surface area contributed by atoms with E-state index in [1.165, 1.54) is 22.5 Å². The molecule has 0 spiro atoms. The highest BCUT2D eigenvalue weighted by Gasteiger charge is 2.25. The lowest BCUT2D eigenvalue weighted by Crippen LogP contribution is -2.33. The van der Waals surface area contributed by atoms with E-state index < -0.39 is 0 Å². The normalized spacial score (nSPS) is 16.1. The molecule has 1 aliphatic heterocycles. The third-order valence-corrected chi connectivity index (χ3v) is 5.88. The van der Waals surface area contributed by atoms with Crippen LogP contribution in [-0.4, -0.2) is 21.4 Å². The van der Waals surface area contributed by atoms with Gasteiger partial charge in [-0.05, 0) is 24.1 Å². The van der Waals surface area contributed by atoms with E-state index in [0.717, 1.165) is 17.7 Å². The molecule has 1 aliphatic rings. The minimum Gasteiger partial charge on any atom is -0.349 e. The van der Waals surface area contributed by atoms with Crippen LogP contribution in [0.4, 0.5) is 4.39 Å². The lowest BCUT2D eigenvalue weighted by molar-refractivity contribution is -0.121. The Hall–Kier alpha value is -2.67. The number of halogens is 1. The number of fused-ring (bicyclic) bond motifs is 2. The molecule has 2 heterocycles. The number of carbonyl (C=O) groups excluding carboxylic acids is 1. The van der Waals surface area contributed by atoms with Gasteiger partial charge in [-0.3, -0.25) is 9.59 Å². The van der Waals surface area contributed by atoms with Crippen LogP contribution >= 0.6 is 11.8 Å². The zero-order valence-electron chi connectivity index (χ0n) is 14.7. The smallest absolute Gasteiger partial charge is 0.274 e. The minimum atomic E-state index is -0.248. The van der Waals surface area contributed by atoms with Gasteiger partial charge in [0.2, 0.25) is 5.91 Å². The fraction of sp³-hybridized carbons (Fsp3) is 0.250. The average molecular weight is 383 g/mol. The molecule has 0 fully saturated rings. The Bertz CT molecular complexity index is 1100. The maximum absolute atomic E-state index is 14.0. The minimum absolute atomic E-state index is 0.0585. The Morgan fingerprint density at radius 1 is 1.26 bits per heavy atom. The topological polar surface area (TPSA) is 64.0 Å². The fourth-order valence-electron chi connectivity index (χ4n) is 3.44. The number of aromatic nitrogens is 2. The Labute approximate surface area is 159 Å². The molecule has 0 aliphatic carbocycles. The molecular weight excluding hydrogens is 365 g/mol. The molecule has 1 unspecified atom stereocenters. The van der Waals surface area contributed by atoms with Gasteiger partial charge in [-0.25, -0.2) is 9.07 Å². The van der Waals surface area contributed by atoms with Gasteiger partial charge in [0, 0.05) is 23.1 Å². The van der Waals surface area contributed by atoms with Crippen molar-refractivity contribution in [2.75, 3.05) is 5.75 Å². The molecule has 5 nitrogen and oxygen atoms in total. The second-order valence-electron chi connectivity index (χ2n) is 6.51. The molecule has 1 aromatic heterocycles. The van der Waals surface area contributed by atoms with Crippen LogP contribution in [0.2, 0.25) is 0 Å². The van der Waals surface area contributed by atoms with Crippen LogP contribution in [0.1, 0.15) is 23.7 Å². The first kappa shape index (κ1) is 17.7. The van der Waals surface area contributed by atoms with Gasteiger partial charge in [-0.2, -0.15) is 5.10 Å². The quantitative estimate of drug-likeness (QED) is 0.755. The van der Waals surface area contributed by atoms with E-state index >= 15 is 0 Å². The highest BCUT2D eigenvalue weighted by molar-refractivity contribution is 7.99. The van der Waals surface area contributed by atoms with Gasteiger partial charge in [0.1, 0.15) is 5.82 Å². The first-order valence-electron chi connectivity index (χ1n) is 8.70. The Morgan fingerprint density at radius 2 is 2.04 bits per heavy atom. The number of benzene rings is 2. The summed E-state index contributed by atoms with van der Waals surface area (Å²) in [6, 6.07) is 11.9. The van der Waals surface area contributed by atoms with Crippen molar-refractivity contribution >= 4 is 28.4 Å². The maximum atomic E-state index is 14.0. The standard InChI is InChI=1S/C20H18FN3O2S/c1-24-20(26)13-6-3-2-5-12(13)17(23-24)11-18(25)22-16-9-10-27-19-14(16)7-4-8-15(19)21/h2-8,16H,9-11H2,1H3,(H,22,25). The fourth-order valence-corrected chi connectivity index (χ4v) is 4.58. The van der Waals surface area contributed by atoms with Crippen molar-refractivity contribution in [3.05, 3.63) is 69.9 Å². The highest BCUT2D eigenvalue weighted by atomic mass is 32.2. The number of nitrogens with one attached hydrogen (secondary N) is 1. The van der Waals surface area contributed by atoms with Crippen molar-refractivity contribution in [2.45, 2.75) is 23.8 Å². The molecule has 138 valence electrons. The van der Waals surface area contributed by atoms with Gasteiger partial charge >= 0.3 is 0 Å². The van der Waals surface area contributed by atoms with Crippen molar-refractivity contribution in [3.8, 4) is 0 Å². The van der Waals surface area contributed by atoms with Gasteiger partial charge in [-0.15, -0.1) is 11.8 Å². The van der Waals surface area contributed by atoms with Gasteiger partial charge < -0.3 is 5.32 Å². The Balaban J connectivity index is 1.60. The van der Waals surface area contributed by atoms with Crippen molar-refractivity contribution < 1.29 is 9.18 Å². The first-order chi connectivity index (χ1) is 13.0. The van der Waals surface area contributed by atoms with E-state index in [1.54, 1.807) is 31.3 Å². The zero-order valence-corrected chi connectivity index (χ0v) is 15.6. The van der Waals surface area contributed by atoms with Crippen LogP contribution < -0.4 is 10.9 Å². The van der Waals surface area contributed by atoms with Gasteiger partial charge in [0.15, 0.2) is 0 Å². The van der Waals surface area contributed by atoms with E-state index in [2.05, 4.69) is 10.4 Å². The van der Waals surface area contributed by atoms with Crippen LogP contribution in [0.15, 0.2) is 52.2 Å². The third-order valence-electron chi connectivity index (χ3n) is 4.72. The molecule has 0 bridgehead atoms. The summed E-state index contributed by atoms with van der Waals surface area (Å²) in [7, 11) is 1.58. The highest BCUT2D eigenvalue weighted by Crippen LogP contribution is 2.37. The van der Waals surface area contributed by atoms with Gasteiger partial charge in [0.25, 0.3) is 5.56 Å². The van der Waals surface area contributed by atoms with E-state index in [4.69, 9.17) is 0 Å². The molecule has 0 radical (unpaired) electrons. The van der Waals surface area contributed by atoms with Crippen LogP contribution in [0.5, 0.6) is 0 Å². The van der Waals surface area contributed by atoms with Crippen molar-refractivity contribution in [1.29, 1.82) is 0 Å². The molecule has 1 amide bonds. The molecule has 3 aromatic rings. The average Bonchev–Trinajstić information content (AvgIpc) is 2.67. The second kappa shape index (κ2) is 7.15. The number of amides is 1. The van der Waals surface area contributed by atoms with E-state index in [0.29, 0.717) is 21.4 Å². The van der Waals surface area contributed by atoms with E-state index in [9.17, 15) is 14.0 Å². The molecule has 1 atom stereocenters. The van der Waals surface area contributed by atoms with Crippen LogP contribution in [0.25, 0.3) is 10.8 Å². The van der Waals surface area contributed by atoms with E-state index in [1.807, 2.05) is 12.1 Å². The summed E-state index contributed by atoms with van der Waals surface area (Å²) in [6.45, 7) is 0. The molecule has 4 rings (SSSR count). The molecule has 2 aromatic carbocycles. The number of thioether (sulfide) groups is 1. The zero-order chi connectivity index (χ0) is 19.0. The number of carbonyl (C=O) groups is 1. The van der Waals surface area contributed by atoms with Crippen LogP contribution in [-0.2, 0) is 18.3 Å². The number of hydrogen-bond donors (Lipinski definition) is 1. The summed E-state index contributed by atoms with van der Waals surface area (Å²) in [5.74, 6) is 0.306. The summed E-state index contributed by atoms with van der Waals surface area (Å²) in [5.41, 5.74) is 1.18. The maximum Gasteiger partial charge on any atom is 0.274 e. The predicted molar refractivity (Wildman–Crippen MR) is 103 cm³/mol. The Kier molecular flexibility index (Phi) is 4.70. The Morgan fingerprint density at radius 3 is 2.85 bits per heavy atom. The van der Waals surface area contributed by atoms with Gasteiger partial charge in [0.05, 0.1) is 23.5 Å². The van der Waals surface area contributed by atoms with Crippen molar-refractivity contribution in [3.63, 3.8) is 0 Å². The molecule has 27 heavy (non-hydrogen) atoms. The number of aryl methyl sites for hydroxylation is 1. The van der Waals surface area contributed by atoms with Crippen LogP contribution in [0, 0.1) is 5.82 Å². The summed E-state index contributed by atoms with van der Waals surface area (Å²) in [6.07, 6.45) is 0.803. The van der Waals surface area contributed by atoms with Crippen molar-refractivity contribution in [1.82, 2.24) is 15.1 Å². The second-order valence-corrected chi connectivity index (χ2v) is 7.62. The number of rotatable bonds is 3. The largest absolute Gasteiger partial charge is 0.349 e. The summed E-state index contributed by atoms with van der Waals surface area (Å²) < 4.78 is 15.3. The van der Waals surface area contributed by atoms with Crippen LogP contribution in [0.3, 0.4) is 0 Å². The lowest BCUT2D eigenvalue weighted by atomic mass is 10.0. The molecule has 1 N–H and O–H groups in total. The first-order valence-corrected chi connectivity index (χ1v) is 9.68. The summed E-state index contributed by atoms with van der Waals surface area (Å²) >= 11 is 1.48. The van der Waals surface area contributed by atoms with Gasteiger partial charge in [-0.1, -0.05) is 30.3 Å². The molecular formula is C20H18FN3O2S. The lowest BCUT2D eigenvalue weighted by Gasteiger charge is -2.26. The summed E-state index contributed by atoms with van der Waals surface area (Å²) in [5, 5.41) is 8.50.